The molecule has 0 aliphatic carbocycles. The van der Waals surface area contributed by atoms with Gasteiger partial charge in [-0.1, -0.05) is 125 Å². The summed E-state index contributed by atoms with van der Waals surface area (Å²) in [5.41, 5.74) is 0. The first-order valence-corrected chi connectivity index (χ1v) is 21.4. The summed E-state index contributed by atoms with van der Waals surface area (Å²) in [6.45, 7) is 39.0. The molecule has 29 heavy (non-hydrogen) atoms. The van der Waals surface area contributed by atoms with Crippen LogP contribution in [0, 0.1) is 0 Å². The summed E-state index contributed by atoms with van der Waals surface area (Å²) in [7, 11) is -2.44. The molecule has 0 saturated heterocycles. The molecule has 0 fully saturated rings. The zero-order valence-electron chi connectivity index (χ0n) is 23.3. The van der Waals surface area contributed by atoms with Crippen molar-refractivity contribution in [2.45, 2.75) is 155 Å². The highest BCUT2D eigenvalue weighted by Crippen LogP contribution is 2.77. The maximum atomic E-state index is 8.43. The molecule has 0 saturated carbocycles. The van der Waals surface area contributed by atoms with Gasteiger partial charge in [0.25, 0.3) is 0 Å². The van der Waals surface area contributed by atoms with Crippen LogP contribution in [0.1, 0.15) is 125 Å². The van der Waals surface area contributed by atoms with Crippen LogP contribution in [-0.4, -0.2) is 20.9 Å². The van der Waals surface area contributed by atoms with E-state index in [0.29, 0.717) is 0 Å². The maximum Gasteiger partial charge on any atom is 0.157 e. The molecule has 0 aromatic carbocycles. The van der Waals surface area contributed by atoms with Crippen LogP contribution in [0.2, 0.25) is 30.2 Å². The van der Waals surface area contributed by atoms with Crippen LogP contribution in [0.15, 0.2) is 0 Å². The lowest BCUT2D eigenvalue weighted by Gasteiger charge is -2.75. The molecule has 0 spiro atoms. The predicted molar refractivity (Wildman–Crippen MR) is 147 cm³/mol. The van der Waals surface area contributed by atoms with Gasteiger partial charge in [-0.2, -0.15) is 22.2 Å². The summed E-state index contributed by atoms with van der Waals surface area (Å²) < 4.78 is 0. The SMILES string of the molecule is CC(C)(C)[Si](Cl)(C(C)(C)C)[Si](C(C)(C)C)(C(C)(C)C)[Si](Cl)(C(C)(C)C)C(C)(C)C. The molecule has 0 aromatic rings. The van der Waals surface area contributed by atoms with Crippen molar-refractivity contribution in [2.75, 3.05) is 0 Å². The van der Waals surface area contributed by atoms with Gasteiger partial charge in [0.15, 0.2) is 13.8 Å². The van der Waals surface area contributed by atoms with Crippen molar-refractivity contribution < 1.29 is 0 Å². The van der Waals surface area contributed by atoms with E-state index < -0.39 is 20.9 Å². The Bertz CT molecular complexity index is 501. The van der Waals surface area contributed by atoms with E-state index in [1.165, 1.54) is 0 Å². The zero-order chi connectivity index (χ0) is 24.5. The lowest BCUT2D eigenvalue weighted by atomic mass is 10.2. The Hall–Kier alpha value is 1.23. The summed E-state index contributed by atoms with van der Waals surface area (Å²) in [6, 6.07) is 0. The van der Waals surface area contributed by atoms with E-state index in [2.05, 4.69) is 125 Å². The monoisotopic (exact) mass is 496 g/mol. The number of halogens is 2. The molecule has 0 radical (unpaired) electrons. The second-order valence-electron chi connectivity index (χ2n) is 15.6. The lowest BCUT2D eigenvalue weighted by Crippen LogP contribution is -2.89. The molecule has 0 N–H and O–H groups in total. The van der Waals surface area contributed by atoms with E-state index in [0.717, 1.165) is 0 Å². The molecular formula is C24H54Cl2Si3. The fraction of sp³-hybridized carbons (Fsp3) is 1.00. The Balaban J connectivity index is 8.46. The first-order valence-electron chi connectivity index (χ1n) is 11.4. The van der Waals surface area contributed by atoms with E-state index in [4.69, 9.17) is 22.2 Å². The number of hydrogen-bond donors (Lipinski definition) is 0. The minimum absolute atomic E-state index is 0.0449. The van der Waals surface area contributed by atoms with Crippen molar-refractivity contribution in [2.24, 2.45) is 0 Å². The molecule has 0 heterocycles. The number of hydrogen-bond acceptors (Lipinski definition) is 0. The van der Waals surface area contributed by atoms with Crippen LogP contribution in [-0.2, 0) is 0 Å². The Morgan fingerprint density at radius 2 is 0.448 bits per heavy atom. The normalized spacial score (nSPS) is 17.0. The summed E-state index contributed by atoms with van der Waals surface area (Å²) in [5.74, 6) is 0. The first kappa shape index (κ1) is 30.2. The molecule has 0 aromatic heterocycles. The van der Waals surface area contributed by atoms with Gasteiger partial charge in [-0.3, -0.25) is 0 Å². The van der Waals surface area contributed by atoms with Crippen molar-refractivity contribution in [3.63, 3.8) is 0 Å². The van der Waals surface area contributed by atoms with Gasteiger partial charge in [-0.15, -0.1) is 0 Å². The van der Waals surface area contributed by atoms with Crippen LogP contribution in [0.4, 0.5) is 0 Å². The second-order valence-corrected chi connectivity index (χ2v) is 44.5. The Kier molecular flexibility index (Phi) is 7.96. The Morgan fingerprint density at radius 3 is 0.517 bits per heavy atom. The summed E-state index contributed by atoms with van der Waals surface area (Å²) >= 11 is 16.9. The van der Waals surface area contributed by atoms with E-state index in [9.17, 15) is 0 Å². The summed E-state index contributed by atoms with van der Waals surface area (Å²) in [6.07, 6.45) is 0. The number of rotatable bonds is 2. The maximum absolute atomic E-state index is 8.43. The highest BCUT2D eigenvalue weighted by Gasteiger charge is 2.84. The van der Waals surface area contributed by atoms with Crippen LogP contribution in [0.3, 0.4) is 0 Å². The highest BCUT2D eigenvalue weighted by molar-refractivity contribution is 7.88. The van der Waals surface area contributed by atoms with Crippen molar-refractivity contribution in [1.29, 1.82) is 0 Å². The molecule has 0 atom stereocenters. The predicted octanol–water partition coefficient (Wildman–Crippen LogP) is 10.8. The summed E-state index contributed by atoms with van der Waals surface area (Å²) in [5, 5.41) is 0.363. The Morgan fingerprint density at radius 1 is 0.310 bits per heavy atom. The fourth-order valence-electron chi connectivity index (χ4n) is 7.93. The van der Waals surface area contributed by atoms with Crippen LogP contribution in [0.25, 0.3) is 0 Å². The molecule has 0 aliphatic heterocycles. The quantitative estimate of drug-likeness (QED) is 0.263. The minimum Gasteiger partial charge on any atom is -0.170 e. The van der Waals surface area contributed by atoms with Crippen LogP contribution in [0.5, 0.6) is 0 Å². The van der Waals surface area contributed by atoms with E-state index in [1.807, 2.05) is 0 Å². The van der Waals surface area contributed by atoms with Gasteiger partial charge < -0.3 is 0 Å². The third-order valence-electron chi connectivity index (χ3n) is 7.42. The van der Waals surface area contributed by atoms with Crippen LogP contribution >= 0.6 is 22.2 Å². The van der Waals surface area contributed by atoms with Crippen molar-refractivity contribution in [3.8, 4) is 0 Å². The van der Waals surface area contributed by atoms with E-state index >= 15 is 0 Å². The molecule has 0 rings (SSSR count). The molecule has 176 valence electrons. The average Bonchev–Trinajstić information content (AvgIpc) is 2.29. The third-order valence-corrected chi connectivity index (χ3v) is 68.0. The van der Waals surface area contributed by atoms with Gasteiger partial charge in [0.2, 0.25) is 0 Å². The van der Waals surface area contributed by atoms with Gasteiger partial charge in [-0.25, -0.2) is 0 Å². The van der Waals surface area contributed by atoms with Crippen molar-refractivity contribution in [3.05, 3.63) is 0 Å². The van der Waals surface area contributed by atoms with Gasteiger partial charge in [0.1, 0.15) is 0 Å². The van der Waals surface area contributed by atoms with E-state index in [-0.39, 0.29) is 30.2 Å². The standard InChI is InChI=1S/C24H54Cl2Si3/c1-19(2,3)27(25,20(4,5)6)29(23(13,14)15,24(16,17)18)28(26,21(7,8)9)22(10,11)12/h1-18H3. The molecule has 0 aliphatic rings. The smallest absolute Gasteiger partial charge is 0.157 e. The fourth-order valence-corrected chi connectivity index (χ4v) is 88.1. The molecule has 0 amide bonds. The van der Waals surface area contributed by atoms with Gasteiger partial charge in [0, 0.05) is 0 Å². The van der Waals surface area contributed by atoms with E-state index in [1.54, 1.807) is 0 Å². The molecule has 0 unspecified atom stereocenters. The van der Waals surface area contributed by atoms with Gasteiger partial charge in [0.05, 0.1) is 7.11 Å². The largest absolute Gasteiger partial charge is 0.170 e. The summed E-state index contributed by atoms with van der Waals surface area (Å²) in [4.78, 5) is 0. The first-order chi connectivity index (χ1) is 12.0. The van der Waals surface area contributed by atoms with Crippen molar-refractivity contribution in [1.82, 2.24) is 0 Å². The van der Waals surface area contributed by atoms with Gasteiger partial charge >= 0.3 is 0 Å². The van der Waals surface area contributed by atoms with Crippen LogP contribution < -0.4 is 0 Å². The second kappa shape index (κ2) is 7.64. The lowest BCUT2D eigenvalue weighted by molar-refractivity contribution is 0.585. The Labute approximate surface area is 197 Å². The molecule has 5 heteroatoms. The zero-order valence-corrected chi connectivity index (χ0v) is 27.8. The minimum atomic E-state index is -2.52. The third kappa shape index (κ3) is 4.04. The molecule has 0 nitrogen and oxygen atoms in total. The van der Waals surface area contributed by atoms with Gasteiger partial charge in [-0.05, 0) is 30.2 Å². The molecule has 0 bridgehead atoms. The molecular weight excluding hydrogens is 443 g/mol. The highest BCUT2D eigenvalue weighted by atomic mass is 35.6. The average molecular weight is 498 g/mol. The van der Waals surface area contributed by atoms with Crippen molar-refractivity contribution >= 4 is 43.1 Å². The topological polar surface area (TPSA) is 0 Å².